The van der Waals surface area contributed by atoms with Crippen molar-refractivity contribution in [1.82, 2.24) is 0 Å². The van der Waals surface area contributed by atoms with Gasteiger partial charge in [0.25, 0.3) is 0 Å². The molecule has 2 aliphatic heterocycles. The average Bonchev–Trinajstić information content (AvgIpc) is 3.63. The Labute approximate surface area is 332 Å². The summed E-state index contributed by atoms with van der Waals surface area (Å²) in [6, 6.07) is 71.0. The molecule has 0 saturated carbocycles. The summed E-state index contributed by atoms with van der Waals surface area (Å²) in [5.41, 5.74) is 3.60. The van der Waals surface area contributed by atoms with Crippen LogP contribution in [0.1, 0.15) is 0 Å². The number of anilines is 3. The van der Waals surface area contributed by atoms with Gasteiger partial charge in [-0.1, -0.05) is 163 Å². The molecule has 3 heterocycles. The van der Waals surface area contributed by atoms with Gasteiger partial charge in [-0.2, -0.15) is 0 Å². The Morgan fingerprint density at radius 1 is 0.382 bits per heavy atom. The number of nitrogens with zero attached hydrogens (tertiary/aromatic N) is 1. The zero-order chi connectivity index (χ0) is 36.1. The van der Waals surface area contributed by atoms with Crippen molar-refractivity contribution in [3.63, 3.8) is 0 Å². The average molecular weight is 770 g/mol. The summed E-state index contributed by atoms with van der Waals surface area (Å²) in [4.78, 5) is 8.03. The fourth-order valence-corrected chi connectivity index (χ4v) is 19.7. The molecule has 0 N–H and O–H groups in total. The molecule has 1 aromatic heterocycles. The van der Waals surface area contributed by atoms with E-state index in [1.807, 2.05) is 34.9 Å². The first-order valence-electron chi connectivity index (χ1n) is 18.7. The van der Waals surface area contributed by atoms with Gasteiger partial charge in [0.2, 0.25) is 0 Å². The van der Waals surface area contributed by atoms with Gasteiger partial charge in [0.15, 0.2) is 8.07 Å². The second-order valence-corrected chi connectivity index (χ2v) is 21.2. The lowest BCUT2D eigenvalue weighted by Gasteiger charge is -2.44. The van der Waals surface area contributed by atoms with Crippen LogP contribution in [0.5, 0.6) is 0 Å². The maximum atomic E-state index is 2.57. The number of fused-ring (bicyclic) bond motifs is 14. The standard InChI is InChI=1S/C50H31NS3Si/c1-2-14-35-32(13-1)27-28-33-31-34(29-30-36(33)35)51(39-17-11-16-38-37-15-3-4-19-41(37)53-49(38)39)40-18-12-26-48-50(40)54-44-22-7-10-25-47(44)55(48)45-23-8-5-20-42(45)52-43-21-6-9-24-46(43)55/h1-31H. The van der Waals surface area contributed by atoms with Crippen LogP contribution in [0.3, 0.4) is 0 Å². The van der Waals surface area contributed by atoms with Gasteiger partial charge >= 0.3 is 0 Å². The zero-order valence-electron chi connectivity index (χ0n) is 29.6. The highest BCUT2D eigenvalue weighted by Gasteiger charge is 2.51. The first kappa shape index (κ1) is 31.8. The molecule has 0 radical (unpaired) electrons. The molecule has 1 spiro atoms. The van der Waals surface area contributed by atoms with Crippen LogP contribution in [0, 0.1) is 0 Å². The molecular weight excluding hydrogens is 739 g/mol. The van der Waals surface area contributed by atoms with Gasteiger partial charge in [-0.3, -0.25) is 0 Å². The van der Waals surface area contributed by atoms with Gasteiger partial charge in [-0.25, -0.2) is 0 Å². The van der Waals surface area contributed by atoms with Crippen molar-refractivity contribution in [2.24, 2.45) is 0 Å². The molecule has 0 bridgehead atoms. The van der Waals surface area contributed by atoms with E-state index in [9.17, 15) is 0 Å². The summed E-state index contributed by atoms with van der Waals surface area (Å²) >= 11 is 5.77. The van der Waals surface area contributed by atoms with Gasteiger partial charge in [0.05, 0.1) is 16.1 Å². The van der Waals surface area contributed by atoms with Gasteiger partial charge in [0.1, 0.15) is 0 Å². The van der Waals surface area contributed by atoms with Crippen LogP contribution in [0.2, 0.25) is 0 Å². The van der Waals surface area contributed by atoms with E-state index >= 15 is 0 Å². The molecule has 12 rings (SSSR count). The quantitative estimate of drug-likeness (QED) is 0.130. The highest BCUT2D eigenvalue weighted by Crippen LogP contribution is 2.50. The van der Waals surface area contributed by atoms with E-state index in [4.69, 9.17) is 0 Å². The third-order valence-corrected chi connectivity index (χ3v) is 20.8. The largest absolute Gasteiger partial charge is 0.308 e. The van der Waals surface area contributed by atoms with E-state index in [0.717, 1.165) is 5.69 Å². The third kappa shape index (κ3) is 4.55. The Balaban J connectivity index is 1.19. The molecule has 0 unspecified atom stereocenters. The van der Waals surface area contributed by atoms with Crippen LogP contribution in [0.25, 0.3) is 41.7 Å². The SMILES string of the molecule is c1ccc2c(c1)Sc1ccccc1[Si]21c2ccccc2Sc2c(N(c3ccc4c(ccc5ccccc54)c3)c3cccc4c3sc3ccccc34)cccc21. The van der Waals surface area contributed by atoms with E-state index in [0.29, 0.717) is 0 Å². The molecule has 5 heteroatoms. The van der Waals surface area contributed by atoms with E-state index < -0.39 is 8.07 Å². The molecular formula is C50H31NS3Si. The van der Waals surface area contributed by atoms with Crippen molar-refractivity contribution in [1.29, 1.82) is 0 Å². The number of benzene rings is 9. The van der Waals surface area contributed by atoms with Crippen molar-refractivity contribution < 1.29 is 0 Å². The van der Waals surface area contributed by atoms with Crippen LogP contribution in [0.4, 0.5) is 17.1 Å². The van der Waals surface area contributed by atoms with Crippen molar-refractivity contribution in [2.75, 3.05) is 4.90 Å². The van der Waals surface area contributed by atoms with Crippen LogP contribution >= 0.6 is 34.9 Å². The molecule has 0 fully saturated rings. The van der Waals surface area contributed by atoms with Gasteiger partial charge in [-0.05, 0) is 90.8 Å². The van der Waals surface area contributed by atoms with Crippen molar-refractivity contribution in [3.05, 3.63) is 188 Å². The molecule has 10 aromatic rings. The molecule has 1 nitrogen and oxygen atoms in total. The van der Waals surface area contributed by atoms with Crippen LogP contribution in [0.15, 0.2) is 208 Å². The fourth-order valence-electron chi connectivity index (χ4n) is 9.25. The Morgan fingerprint density at radius 2 is 0.945 bits per heavy atom. The lowest BCUT2D eigenvalue weighted by Crippen LogP contribution is -2.78. The number of hydrogen-bond donors (Lipinski definition) is 0. The van der Waals surface area contributed by atoms with Crippen molar-refractivity contribution in [2.45, 2.75) is 19.6 Å². The monoisotopic (exact) mass is 769 g/mol. The Kier molecular flexibility index (Phi) is 7.06. The maximum absolute atomic E-state index is 2.75. The summed E-state index contributed by atoms with van der Waals surface area (Å²) in [7, 11) is -2.75. The number of thiophene rings is 1. The zero-order valence-corrected chi connectivity index (χ0v) is 33.0. The Morgan fingerprint density at radius 3 is 1.73 bits per heavy atom. The molecule has 9 aromatic carbocycles. The predicted octanol–water partition coefficient (Wildman–Crippen LogP) is 12.1. The minimum absolute atomic E-state index is 1.16. The smallest absolute Gasteiger partial charge is 0.184 e. The second kappa shape index (κ2) is 12.2. The van der Waals surface area contributed by atoms with Gasteiger partial charge < -0.3 is 4.90 Å². The molecule has 2 aliphatic rings. The Bertz CT molecular complexity index is 3140. The first-order chi connectivity index (χ1) is 27.3. The lowest BCUT2D eigenvalue weighted by atomic mass is 10.0. The third-order valence-electron chi connectivity index (χ3n) is 11.6. The molecule has 55 heavy (non-hydrogen) atoms. The highest BCUT2D eigenvalue weighted by atomic mass is 32.2. The van der Waals surface area contributed by atoms with Crippen LogP contribution < -0.4 is 25.6 Å². The minimum Gasteiger partial charge on any atom is -0.308 e. The summed E-state index contributed by atoms with van der Waals surface area (Å²) in [6.45, 7) is 0. The van der Waals surface area contributed by atoms with Gasteiger partial charge in [0, 0.05) is 40.7 Å². The molecule has 258 valence electrons. The number of rotatable bonds is 3. The number of hydrogen-bond acceptors (Lipinski definition) is 4. The molecule has 0 aliphatic carbocycles. The highest BCUT2D eigenvalue weighted by molar-refractivity contribution is 8.01. The predicted molar refractivity (Wildman–Crippen MR) is 241 cm³/mol. The normalized spacial score (nSPS) is 13.8. The lowest BCUT2D eigenvalue weighted by molar-refractivity contribution is 1.25. The molecule has 0 atom stereocenters. The topological polar surface area (TPSA) is 3.24 Å². The van der Waals surface area contributed by atoms with Crippen molar-refractivity contribution >= 4 is 122 Å². The Hall–Kier alpha value is -5.56. The minimum atomic E-state index is -2.75. The maximum Gasteiger partial charge on any atom is 0.184 e. The summed E-state index contributed by atoms with van der Waals surface area (Å²) in [6.07, 6.45) is 0. The van der Waals surface area contributed by atoms with E-state index in [-0.39, 0.29) is 0 Å². The van der Waals surface area contributed by atoms with Gasteiger partial charge in [-0.15, -0.1) is 11.3 Å². The van der Waals surface area contributed by atoms with E-state index in [1.165, 1.54) is 93.4 Å². The summed E-state index contributed by atoms with van der Waals surface area (Å²) < 4.78 is 2.62. The fraction of sp³-hybridized carbons (Fsp3) is 0. The summed E-state index contributed by atoms with van der Waals surface area (Å²) in [5.74, 6) is 0. The van der Waals surface area contributed by atoms with Crippen molar-refractivity contribution in [3.8, 4) is 0 Å². The van der Waals surface area contributed by atoms with E-state index in [1.54, 1.807) is 0 Å². The first-order valence-corrected chi connectivity index (χ1v) is 23.1. The van der Waals surface area contributed by atoms with Crippen LogP contribution in [-0.4, -0.2) is 8.07 Å². The molecule has 0 amide bonds. The second-order valence-electron chi connectivity index (χ2n) is 14.4. The van der Waals surface area contributed by atoms with Crippen LogP contribution in [-0.2, 0) is 0 Å². The van der Waals surface area contributed by atoms with E-state index in [2.05, 4.69) is 193 Å². The molecule has 0 saturated heterocycles. The summed E-state index contributed by atoms with van der Waals surface area (Å²) in [5, 5.41) is 13.6.